The first-order valence-electron chi connectivity index (χ1n) is 6.16. The zero-order valence-corrected chi connectivity index (χ0v) is 9.71. The maximum atomic E-state index is 11.3. The molecule has 15 heavy (non-hydrogen) atoms. The number of rotatable bonds is 6. The van der Waals surface area contributed by atoms with Gasteiger partial charge in [-0.1, -0.05) is 31.9 Å². The fraction of sp³-hybridized carbons (Fsp3) is 0.769. The van der Waals surface area contributed by atoms with Crippen LogP contribution in [0.15, 0.2) is 12.2 Å². The van der Waals surface area contributed by atoms with E-state index in [4.69, 9.17) is 4.74 Å². The number of ether oxygens (including phenoxy) is 1. The second-order valence-electron chi connectivity index (χ2n) is 4.21. The van der Waals surface area contributed by atoms with E-state index >= 15 is 0 Å². The van der Waals surface area contributed by atoms with Crippen LogP contribution in [-0.2, 0) is 9.53 Å². The van der Waals surface area contributed by atoms with E-state index in [1.807, 2.05) is 0 Å². The molecule has 1 rings (SSSR count). The number of unbranched alkanes of at least 4 members (excludes halogenated alkanes) is 3. The molecule has 2 heteroatoms. The van der Waals surface area contributed by atoms with Gasteiger partial charge in [0.15, 0.2) is 0 Å². The highest BCUT2D eigenvalue weighted by molar-refractivity contribution is 5.73. The molecule has 1 saturated heterocycles. The monoisotopic (exact) mass is 210 g/mol. The van der Waals surface area contributed by atoms with E-state index in [0.29, 0.717) is 6.61 Å². The van der Waals surface area contributed by atoms with Crippen LogP contribution in [0.5, 0.6) is 0 Å². The van der Waals surface area contributed by atoms with E-state index < -0.39 is 0 Å². The molecule has 1 aliphatic rings. The first-order chi connectivity index (χ1) is 7.34. The van der Waals surface area contributed by atoms with Gasteiger partial charge >= 0.3 is 5.97 Å². The van der Waals surface area contributed by atoms with Crippen LogP contribution < -0.4 is 0 Å². The number of cyclic esters (lactones) is 1. The third-order valence-electron chi connectivity index (χ3n) is 2.84. The van der Waals surface area contributed by atoms with E-state index in [-0.39, 0.29) is 11.9 Å². The van der Waals surface area contributed by atoms with Crippen molar-refractivity contribution in [3.8, 4) is 0 Å². The van der Waals surface area contributed by atoms with Crippen LogP contribution in [-0.4, -0.2) is 12.6 Å². The molecule has 1 atom stereocenters. The Morgan fingerprint density at radius 1 is 1.40 bits per heavy atom. The first-order valence-corrected chi connectivity index (χ1v) is 6.16. The Labute approximate surface area is 92.7 Å². The number of hydrogen-bond acceptors (Lipinski definition) is 2. The van der Waals surface area contributed by atoms with Crippen LogP contribution in [0.25, 0.3) is 0 Å². The molecule has 1 aliphatic heterocycles. The molecule has 2 nitrogen and oxygen atoms in total. The van der Waals surface area contributed by atoms with Gasteiger partial charge in [-0.15, -0.1) is 0 Å². The summed E-state index contributed by atoms with van der Waals surface area (Å²) in [6, 6.07) is 0. The van der Waals surface area contributed by atoms with E-state index in [1.165, 1.54) is 19.3 Å². The molecular weight excluding hydrogens is 188 g/mol. The predicted molar refractivity (Wildman–Crippen MR) is 61.6 cm³/mol. The minimum absolute atomic E-state index is 0.000502. The lowest BCUT2D eigenvalue weighted by atomic mass is 9.97. The summed E-state index contributed by atoms with van der Waals surface area (Å²) in [6.45, 7) is 2.83. The molecule has 0 aromatic heterocycles. The highest BCUT2D eigenvalue weighted by atomic mass is 16.5. The molecule has 1 fully saturated rings. The normalized spacial score (nSPS) is 21.9. The number of carbonyl (C=O) groups excluding carboxylic acids is 1. The Bertz CT molecular complexity index is 209. The van der Waals surface area contributed by atoms with Crippen LogP contribution in [0, 0.1) is 5.92 Å². The lowest BCUT2D eigenvalue weighted by molar-refractivity contribution is -0.152. The predicted octanol–water partition coefficient (Wildman–Crippen LogP) is 3.47. The fourth-order valence-electron chi connectivity index (χ4n) is 1.84. The van der Waals surface area contributed by atoms with Crippen LogP contribution in [0.2, 0.25) is 0 Å². The van der Waals surface area contributed by atoms with Gasteiger partial charge in [-0.05, 0) is 32.1 Å². The largest absolute Gasteiger partial charge is 0.465 e. The average Bonchev–Trinajstić information content (AvgIpc) is 2.25. The Morgan fingerprint density at radius 3 is 3.00 bits per heavy atom. The van der Waals surface area contributed by atoms with Crippen LogP contribution >= 0.6 is 0 Å². The summed E-state index contributed by atoms with van der Waals surface area (Å²) in [5, 5.41) is 0. The molecule has 0 spiro atoms. The van der Waals surface area contributed by atoms with Crippen molar-refractivity contribution in [1.82, 2.24) is 0 Å². The SMILES string of the molecule is CCCCC/C=C/CC1CCCOC1=O. The smallest absolute Gasteiger partial charge is 0.309 e. The molecule has 0 bridgehead atoms. The molecule has 0 amide bonds. The van der Waals surface area contributed by atoms with Crippen molar-refractivity contribution in [2.45, 2.75) is 51.9 Å². The van der Waals surface area contributed by atoms with E-state index in [0.717, 1.165) is 25.7 Å². The standard InChI is InChI=1S/C13H22O2/c1-2-3-4-5-6-7-9-12-10-8-11-15-13(12)14/h6-7,12H,2-5,8-11H2,1H3/b7-6+. The molecule has 0 saturated carbocycles. The topological polar surface area (TPSA) is 26.3 Å². The highest BCUT2D eigenvalue weighted by Gasteiger charge is 2.22. The fourth-order valence-corrected chi connectivity index (χ4v) is 1.84. The van der Waals surface area contributed by atoms with Gasteiger partial charge in [0.25, 0.3) is 0 Å². The van der Waals surface area contributed by atoms with Gasteiger partial charge in [-0.3, -0.25) is 4.79 Å². The van der Waals surface area contributed by atoms with Gasteiger partial charge in [-0.2, -0.15) is 0 Å². The Morgan fingerprint density at radius 2 is 2.27 bits per heavy atom. The highest BCUT2D eigenvalue weighted by Crippen LogP contribution is 2.19. The van der Waals surface area contributed by atoms with Crippen LogP contribution in [0.1, 0.15) is 51.9 Å². The van der Waals surface area contributed by atoms with Crippen molar-refractivity contribution in [1.29, 1.82) is 0 Å². The minimum atomic E-state index is -0.000502. The van der Waals surface area contributed by atoms with Gasteiger partial charge in [-0.25, -0.2) is 0 Å². The van der Waals surface area contributed by atoms with Crippen LogP contribution in [0.3, 0.4) is 0 Å². The number of carbonyl (C=O) groups is 1. The van der Waals surface area contributed by atoms with Gasteiger partial charge in [0, 0.05) is 0 Å². The van der Waals surface area contributed by atoms with Gasteiger partial charge in [0.2, 0.25) is 0 Å². The Hall–Kier alpha value is -0.790. The quantitative estimate of drug-likeness (QED) is 0.381. The summed E-state index contributed by atoms with van der Waals surface area (Å²) >= 11 is 0. The van der Waals surface area contributed by atoms with Crippen molar-refractivity contribution in [3.63, 3.8) is 0 Å². The molecule has 86 valence electrons. The maximum Gasteiger partial charge on any atom is 0.309 e. The van der Waals surface area contributed by atoms with Crippen LogP contribution in [0.4, 0.5) is 0 Å². The molecule has 0 aromatic rings. The van der Waals surface area contributed by atoms with Crippen molar-refractivity contribution in [2.75, 3.05) is 6.61 Å². The summed E-state index contributed by atoms with van der Waals surface area (Å²) in [5.41, 5.74) is 0. The number of hydrogen-bond donors (Lipinski definition) is 0. The zero-order valence-electron chi connectivity index (χ0n) is 9.71. The van der Waals surface area contributed by atoms with E-state index in [2.05, 4.69) is 19.1 Å². The molecule has 0 aliphatic carbocycles. The summed E-state index contributed by atoms with van der Waals surface area (Å²) in [6.07, 6.45) is 12.2. The number of esters is 1. The first kappa shape index (κ1) is 12.3. The molecule has 1 heterocycles. The lowest BCUT2D eigenvalue weighted by Crippen LogP contribution is -2.23. The summed E-state index contributed by atoms with van der Waals surface area (Å²) in [5.74, 6) is 0.126. The van der Waals surface area contributed by atoms with Crippen molar-refractivity contribution in [2.24, 2.45) is 5.92 Å². The second-order valence-corrected chi connectivity index (χ2v) is 4.21. The van der Waals surface area contributed by atoms with E-state index in [9.17, 15) is 4.79 Å². The third-order valence-corrected chi connectivity index (χ3v) is 2.84. The molecule has 0 radical (unpaired) electrons. The maximum absolute atomic E-state index is 11.3. The van der Waals surface area contributed by atoms with E-state index in [1.54, 1.807) is 0 Å². The molecule has 0 aromatic carbocycles. The van der Waals surface area contributed by atoms with Crippen molar-refractivity contribution in [3.05, 3.63) is 12.2 Å². The van der Waals surface area contributed by atoms with Gasteiger partial charge in [0.1, 0.15) is 0 Å². The van der Waals surface area contributed by atoms with Gasteiger partial charge < -0.3 is 4.74 Å². The Kier molecular flexibility index (Phi) is 6.14. The minimum Gasteiger partial charge on any atom is -0.465 e. The van der Waals surface area contributed by atoms with Crippen molar-refractivity contribution >= 4 is 5.97 Å². The Balaban J connectivity index is 2.09. The molecule has 1 unspecified atom stereocenters. The third kappa shape index (κ3) is 5.01. The zero-order chi connectivity index (χ0) is 10.9. The number of allylic oxidation sites excluding steroid dienone is 2. The summed E-state index contributed by atoms with van der Waals surface area (Å²) < 4.78 is 5.01. The summed E-state index contributed by atoms with van der Waals surface area (Å²) in [7, 11) is 0. The summed E-state index contributed by atoms with van der Waals surface area (Å²) in [4.78, 5) is 11.3. The lowest BCUT2D eigenvalue weighted by Gasteiger charge is -2.19. The second kappa shape index (κ2) is 7.49. The molecular formula is C13H22O2. The van der Waals surface area contributed by atoms with Crippen molar-refractivity contribution < 1.29 is 9.53 Å². The van der Waals surface area contributed by atoms with Gasteiger partial charge in [0.05, 0.1) is 12.5 Å². The molecule has 0 N–H and O–H groups in total. The average molecular weight is 210 g/mol.